The van der Waals surface area contributed by atoms with E-state index >= 15 is 0 Å². The van der Waals surface area contributed by atoms with E-state index < -0.39 is 0 Å². The molecule has 0 aromatic heterocycles. The molecule has 5 nitrogen and oxygen atoms in total. The molecule has 0 fully saturated rings. The third-order valence-corrected chi connectivity index (χ3v) is 4.19. The Bertz CT molecular complexity index is 786. The topological polar surface area (TPSA) is 48.0 Å². The summed E-state index contributed by atoms with van der Waals surface area (Å²) in [5.74, 6) is 1.64. The van der Waals surface area contributed by atoms with E-state index in [0.717, 1.165) is 16.9 Å². The maximum absolute atomic E-state index is 12.6. The number of hydrogen-bond donors (Lipinski definition) is 0. The fourth-order valence-corrected chi connectivity index (χ4v) is 2.99. The zero-order valence-electron chi connectivity index (χ0n) is 14.5. The van der Waals surface area contributed by atoms with Crippen molar-refractivity contribution >= 4 is 17.5 Å². The van der Waals surface area contributed by atoms with Crippen LogP contribution in [0.2, 0.25) is 5.02 Å². The highest BCUT2D eigenvalue weighted by Crippen LogP contribution is 2.39. The van der Waals surface area contributed by atoms with Crippen molar-refractivity contribution in [2.24, 2.45) is 0 Å². The maximum atomic E-state index is 12.6. The highest BCUT2D eigenvalue weighted by Gasteiger charge is 2.22. The summed E-state index contributed by atoms with van der Waals surface area (Å²) in [6.07, 6.45) is 0. The van der Waals surface area contributed by atoms with Crippen molar-refractivity contribution in [1.82, 2.24) is 4.90 Å². The zero-order valence-corrected chi connectivity index (χ0v) is 15.2. The fraction of sp³-hybridized carbons (Fsp3) is 0.316. The summed E-state index contributed by atoms with van der Waals surface area (Å²) in [6.45, 7) is 5.03. The molecule has 6 heteroatoms. The van der Waals surface area contributed by atoms with E-state index in [1.807, 2.05) is 26.0 Å². The average molecular weight is 362 g/mol. The van der Waals surface area contributed by atoms with Crippen LogP contribution in [0.5, 0.6) is 17.2 Å². The number of nitrogens with zero attached hydrogens (tertiary/aromatic N) is 1. The van der Waals surface area contributed by atoms with E-state index in [0.29, 0.717) is 35.2 Å². The van der Waals surface area contributed by atoms with Crippen LogP contribution >= 0.6 is 11.6 Å². The first kappa shape index (κ1) is 17.4. The maximum Gasteiger partial charge on any atom is 0.253 e. The normalized spacial score (nSPS) is 12.2. The van der Waals surface area contributed by atoms with Crippen LogP contribution in [0.1, 0.15) is 21.5 Å². The molecule has 3 rings (SSSR count). The minimum Gasteiger partial charge on any atom is -0.492 e. The molecule has 25 heavy (non-hydrogen) atoms. The SMILES string of the molecule is Cc1cc(C)cc(OCCN(C)C(=O)c2cc(Cl)c3c(c2)OCO3)c1. The van der Waals surface area contributed by atoms with Crippen LogP contribution in [-0.2, 0) is 0 Å². The summed E-state index contributed by atoms with van der Waals surface area (Å²) in [5.41, 5.74) is 2.76. The first-order valence-corrected chi connectivity index (χ1v) is 8.37. The Kier molecular flexibility index (Phi) is 5.04. The molecule has 0 radical (unpaired) electrons. The van der Waals surface area contributed by atoms with Crippen molar-refractivity contribution in [3.05, 3.63) is 52.0 Å². The molecule has 0 atom stereocenters. The molecular weight excluding hydrogens is 342 g/mol. The van der Waals surface area contributed by atoms with Gasteiger partial charge in [0.1, 0.15) is 12.4 Å². The molecule has 0 spiro atoms. The number of likely N-dealkylation sites (N-methyl/N-ethyl adjacent to an activating group) is 1. The number of carbonyl (C=O) groups is 1. The number of halogens is 1. The molecule has 2 aromatic carbocycles. The molecule has 1 aliphatic rings. The van der Waals surface area contributed by atoms with Gasteiger partial charge in [0.2, 0.25) is 6.79 Å². The summed E-state index contributed by atoms with van der Waals surface area (Å²) in [7, 11) is 1.73. The standard InChI is InChI=1S/C19H20ClNO4/c1-12-6-13(2)8-15(7-12)23-5-4-21(3)19(22)14-9-16(20)18-17(10-14)24-11-25-18/h6-10H,4-5,11H2,1-3H3. The summed E-state index contributed by atoms with van der Waals surface area (Å²) < 4.78 is 16.3. The van der Waals surface area contributed by atoms with Gasteiger partial charge in [0.15, 0.2) is 11.5 Å². The van der Waals surface area contributed by atoms with Crippen molar-refractivity contribution in [2.75, 3.05) is 27.0 Å². The molecule has 0 N–H and O–H groups in total. The van der Waals surface area contributed by atoms with Gasteiger partial charge in [-0.15, -0.1) is 0 Å². The highest BCUT2D eigenvalue weighted by molar-refractivity contribution is 6.32. The number of hydrogen-bond acceptors (Lipinski definition) is 4. The molecule has 0 saturated carbocycles. The van der Waals surface area contributed by atoms with Gasteiger partial charge in [-0.1, -0.05) is 17.7 Å². The predicted molar refractivity (Wildman–Crippen MR) is 95.9 cm³/mol. The Balaban J connectivity index is 1.60. The van der Waals surface area contributed by atoms with E-state index in [2.05, 4.69) is 6.07 Å². The Morgan fingerprint density at radius 3 is 2.60 bits per heavy atom. The second kappa shape index (κ2) is 7.23. The van der Waals surface area contributed by atoms with Gasteiger partial charge >= 0.3 is 0 Å². The van der Waals surface area contributed by atoms with E-state index in [-0.39, 0.29) is 12.7 Å². The van der Waals surface area contributed by atoms with E-state index in [4.69, 9.17) is 25.8 Å². The van der Waals surface area contributed by atoms with E-state index in [1.165, 1.54) is 0 Å². The Morgan fingerprint density at radius 2 is 1.88 bits per heavy atom. The fourth-order valence-electron chi connectivity index (χ4n) is 2.73. The Labute approximate surface area is 152 Å². The third kappa shape index (κ3) is 3.99. The molecule has 0 aliphatic carbocycles. The van der Waals surface area contributed by atoms with Gasteiger partial charge in [0.25, 0.3) is 5.91 Å². The van der Waals surface area contributed by atoms with Crippen LogP contribution in [-0.4, -0.2) is 37.8 Å². The number of aryl methyl sites for hydroxylation is 2. The van der Waals surface area contributed by atoms with Crippen molar-refractivity contribution in [3.8, 4) is 17.2 Å². The molecule has 1 amide bonds. The van der Waals surface area contributed by atoms with Gasteiger partial charge in [0, 0.05) is 12.6 Å². The van der Waals surface area contributed by atoms with E-state index in [9.17, 15) is 4.79 Å². The number of benzene rings is 2. The van der Waals surface area contributed by atoms with E-state index in [1.54, 1.807) is 24.1 Å². The predicted octanol–water partition coefficient (Wildman–Crippen LogP) is 3.84. The molecule has 0 bridgehead atoms. The van der Waals surface area contributed by atoms with Gasteiger partial charge in [-0.3, -0.25) is 4.79 Å². The van der Waals surface area contributed by atoms with Crippen molar-refractivity contribution in [1.29, 1.82) is 0 Å². The smallest absolute Gasteiger partial charge is 0.253 e. The number of rotatable bonds is 5. The van der Waals surface area contributed by atoms with Gasteiger partial charge in [0.05, 0.1) is 11.6 Å². The zero-order chi connectivity index (χ0) is 18.0. The van der Waals surface area contributed by atoms with Crippen LogP contribution in [0.4, 0.5) is 0 Å². The van der Waals surface area contributed by atoms with Crippen LogP contribution in [0.15, 0.2) is 30.3 Å². The average Bonchev–Trinajstić information content (AvgIpc) is 3.02. The molecule has 132 valence electrons. The monoisotopic (exact) mass is 361 g/mol. The van der Waals surface area contributed by atoms with Gasteiger partial charge in [-0.2, -0.15) is 0 Å². The molecule has 0 saturated heterocycles. The second-order valence-corrected chi connectivity index (χ2v) is 6.50. The number of amides is 1. The summed E-state index contributed by atoms with van der Waals surface area (Å²) in [4.78, 5) is 14.2. The largest absolute Gasteiger partial charge is 0.492 e. The lowest BCUT2D eigenvalue weighted by molar-refractivity contribution is 0.0773. The minimum atomic E-state index is -0.149. The molecule has 2 aromatic rings. The van der Waals surface area contributed by atoms with Crippen molar-refractivity contribution < 1.29 is 19.0 Å². The lowest BCUT2D eigenvalue weighted by Crippen LogP contribution is -2.30. The van der Waals surface area contributed by atoms with Gasteiger partial charge in [-0.05, 0) is 49.2 Å². The summed E-state index contributed by atoms with van der Waals surface area (Å²) in [6, 6.07) is 9.29. The molecule has 0 unspecified atom stereocenters. The lowest BCUT2D eigenvalue weighted by atomic mass is 10.1. The Morgan fingerprint density at radius 1 is 1.16 bits per heavy atom. The lowest BCUT2D eigenvalue weighted by Gasteiger charge is -2.18. The third-order valence-electron chi connectivity index (χ3n) is 3.91. The molecule has 1 heterocycles. The Hall–Kier alpha value is -2.40. The summed E-state index contributed by atoms with van der Waals surface area (Å²) in [5, 5.41) is 0.373. The quantitative estimate of drug-likeness (QED) is 0.812. The first-order valence-electron chi connectivity index (χ1n) is 8.00. The van der Waals surface area contributed by atoms with Crippen LogP contribution < -0.4 is 14.2 Å². The molecular formula is C19H20ClNO4. The van der Waals surface area contributed by atoms with Crippen LogP contribution in [0.25, 0.3) is 0 Å². The number of carbonyl (C=O) groups excluding carboxylic acids is 1. The summed E-state index contributed by atoms with van der Waals surface area (Å²) >= 11 is 6.14. The van der Waals surface area contributed by atoms with Crippen molar-refractivity contribution in [3.63, 3.8) is 0 Å². The first-order chi connectivity index (χ1) is 11.9. The second-order valence-electron chi connectivity index (χ2n) is 6.09. The minimum absolute atomic E-state index is 0.117. The van der Waals surface area contributed by atoms with Crippen LogP contribution in [0, 0.1) is 13.8 Å². The van der Waals surface area contributed by atoms with Gasteiger partial charge < -0.3 is 19.1 Å². The number of fused-ring (bicyclic) bond motifs is 1. The van der Waals surface area contributed by atoms with Gasteiger partial charge in [-0.25, -0.2) is 0 Å². The van der Waals surface area contributed by atoms with Crippen LogP contribution in [0.3, 0.4) is 0 Å². The number of ether oxygens (including phenoxy) is 3. The van der Waals surface area contributed by atoms with Crippen molar-refractivity contribution in [2.45, 2.75) is 13.8 Å². The molecule has 1 aliphatic heterocycles. The highest BCUT2D eigenvalue weighted by atomic mass is 35.5.